The molecule has 3 aromatic rings. The number of carbonyl (C=O) groups excluding carboxylic acids is 2. The van der Waals surface area contributed by atoms with E-state index in [1.807, 2.05) is 13.2 Å². The molecule has 1 aliphatic rings. The minimum Gasteiger partial charge on any atom is -0.352 e. The van der Waals surface area contributed by atoms with E-state index in [0.29, 0.717) is 5.69 Å². The number of carbonyl (C=O) groups is 2. The largest absolute Gasteiger partial charge is 0.352 e. The Labute approximate surface area is 252 Å². The van der Waals surface area contributed by atoms with Crippen LogP contribution in [-0.4, -0.2) is 50.0 Å². The van der Waals surface area contributed by atoms with Crippen molar-refractivity contribution in [3.63, 3.8) is 0 Å². The predicted octanol–water partition coefficient (Wildman–Crippen LogP) is 5.92. The van der Waals surface area contributed by atoms with E-state index in [2.05, 4.69) is 5.32 Å². The average Bonchev–Trinajstić information content (AvgIpc) is 3.00. The van der Waals surface area contributed by atoms with Gasteiger partial charge in [-0.15, -0.1) is 11.8 Å². The van der Waals surface area contributed by atoms with E-state index >= 15 is 0 Å². The van der Waals surface area contributed by atoms with Crippen molar-refractivity contribution in [2.75, 3.05) is 17.1 Å². The molecule has 0 bridgehead atoms. The maximum Gasteiger partial charge on any atom is 0.264 e. The standard InChI is InChI=1S/C32H38FN3O4S2/c1-23-13-15-27(16-14-23)36(42(39,40)29-19-17-28(41-3)18-20-29)22-31(37)35(21-25-9-7-8-12-30(25)33)24(2)32(38)34-26-10-5-4-6-11-26/h7-9,12-20,24,26H,4-6,10-11,21-22H2,1-3H3,(H,34,38)/t24-/m1/s1. The van der Waals surface area contributed by atoms with Crippen LogP contribution in [0.1, 0.15) is 50.2 Å². The molecule has 1 atom stereocenters. The number of rotatable bonds is 11. The third-order valence-electron chi connectivity index (χ3n) is 7.67. The number of amides is 2. The van der Waals surface area contributed by atoms with Gasteiger partial charge in [0.05, 0.1) is 10.6 Å². The molecule has 0 radical (unpaired) electrons. The number of thioether (sulfide) groups is 1. The van der Waals surface area contributed by atoms with Crippen LogP contribution in [0.15, 0.2) is 82.6 Å². The van der Waals surface area contributed by atoms with Crippen LogP contribution in [0, 0.1) is 12.7 Å². The monoisotopic (exact) mass is 611 g/mol. The Balaban J connectivity index is 1.68. The van der Waals surface area contributed by atoms with Crippen LogP contribution in [0.3, 0.4) is 0 Å². The molecule has 0 aliphatic heterocycles. The summed E-state index contributed by atoms with van der Waals surface area (Å²) in [7, 11) is -4.17. The maximum atomic E-state index is 14.7. The van der Waals surface area contributed by atoms with Crippen molar-refractivity contribution in [3.05, 3.63) is 89.7 Å². The van der Waals surface area contributed by atoms with E-state index in [-0.39, 0.29) is 29.0 Å². The van der Waals surface area contributed by atoms with Crippen molar-refractivity contribution >= 4 is 39.3 Å². The number of benzene rings is 3. The average molecular weight is 612 g/mol. The van der Waals surface area contributed by atoms with E-state index in [9.17, 15) is 22.4 Å². The highest BCUT2D eigenvalue weighted by Crippen LogP contribution is 2.27. The molecule has 3 aromatic carbocycles. The second-order valence-electron chi connectivity index (χ2n) is 10.7. The molecule has 0 aromatic heterocycles. The molecule has 0 heterocycles. The van der Waals surface area contributed by atoms with Gasteiger partial charge >= 0.3 is 0 Å². The molecule has 1 fully saturated rings. The zero-order chi connectivity index (χ0) is 30.3. The van der Waals surface area contributed by atoms with Crippen LogP contribution in [-0.2, 0) is 26.2 Å². The number of anilines is 1. The van der Waals surface area contributed by atoms with Crippen LogP contribution in [0.4, 0.5) is 10.1 Å². The van der Waals surface area contributed by atoms with Crippen LogP contribution in [0.2, 0.25) is 0 Å². The third kappa shape index (κ3) is 7.72. The molecule has 42 heavy (non-hydrogen) atoms. The molecular weight excluding hydrogens is 574 g/mol. The fourth-order valence-corrected chi connectivity index (χ4v) is 6.90. The summed E-state index contributed by atoms with van der Waals surface area (Å²) in [6.07, 6.45) is 6.82. The topological polar surface area (TPSA) is 86.8 Å². The molecule has 1 saturated carbocycles. The molecule has 1 N–H and O–H groups in total. The van der Waals surface area contributed by atoms with Gasteiger partial charge in [-0.3, -0.25) is 13.9 Å². The number of halogens is 1. The first kappa shape index (κ1) is 31.6. The lowest BCUT2D eigenvalue weighted by molar-refractivity contribution is -0.139. The summed E-state index contributed by atoms with van der Waals surface area (Å²) in [6.45, 7) is 2.74. The minimum absolute atomic E-state index is 0.0211. The number of nitrogens with one attached hydrogen (secondary N) is 1. The summed E-state index contributed by atoms with van der Waals surface area (Å²) in [4.78, 5) is 29.6. The smallest absolute Gasteiger partial charge is 0.264 e. The zero-order valence-electron chi connectivity index (χ0n) is 24.3. The highest BCUT2D eigenvalue weighted by molar-refractivity contribution is 7.98. The van der Waals surface area contributed by atoms with Crippen LogP contribution in [0.25, 0.3) is 0 Å². The first-order chi connectivity index (χ1) is 20.1. The summed E-state index contributed by atoms with van der Waals surface area (Å²) < 4.78 is 43.7. The van der Waals surface area contributed by atoms with Gasteiger partial charge < -0.3 is 10.2 Å². The van der Waals surface area contributed by atoms with Crippen LogP contribution < -0.4 is 9.62 Å². The van der Waals surface area contributed by atoms with Gasteiger partial charge in [-0.25, -0.2) is 12.8 Å². The van der Waals surface area contributed by atoms with Gasteiger partial charge in [0.1, 0.15) is 18.4 Å². The Kier molecular flexibility index (Phi) is 10.7. The summed E-state index contributed by atoms with van der Waals surface area (Å²) >= 11 is 1.49. The summed E-state index contributed by atoms with van der Waals surface area (Å²) in [5.41, 5.74) is 1.48. The van der Waals surface area contributed by atoms with E-state index < -0.39 is 34.3 Å². The fourth-order valence-electron chi connectivity index (χ4n) is 5.08. The molecule has 1 aliphatic carbocycles. The van der Waals surface area contributed by atoms with Crippen molar-refractivity contribution in [3.8, 4) is 0 Å². The second kappa shape index (κ2) is 14.2. The van der Waals surface area contributed by atoms with E-state index in [4.69, 9.17) is 0 Å². The predicted molar refractivity (Wildman–Crippen MR) is 165 cm³/mol. The van der Waals surface area contributed by atoms with Crippen molar-refractivity contribution < 1.29 is 22.4 Å². The fraction of sp³-hybridized carbons (Fsp3) is 0.375. The molecular formula is C32H38FN3O4S2. The number of nitrogens with zero attached hydrogens (tertiary/aromatic N) is 2. The van der Waals surface area contributed by atoms with Crippen molar-refractivity contribution in [2.45, 2.75) is 74.4 Å². The van der Waals surface area contributed by atoms with Crippen LogP contribution >= 0.6 is 11.8 Å². The first-order valence-electron chi connectivity index (χ1n) is 14.2. The zero-order valence-corrected chi connectivity index (χ0v) is 25.9. The number of hydrogen-bond donors (Lipinski definition) is 1. The lowest BCUT2D eigenvalue weighted by atomic mass is 9.95. The summed E-state index contributed by atoms with van der Waals surface area (Å²) in [5.74, 6) is -1.47. The quantitative estimate of drug-likeness (QED) is 0.272. The van der Waals surface area contributed by atoms with E-state index in [0.717, 1.165) is 46.9 Å². The highest BCUT2D eigenvalue weighted by Gasteiger charge is 2.33. The molecule has 2 amide bonds. The highest BCUT2D eigenvalue weighted by atomic mass is 32.2. The normalized spacial score (nSPS) is 14.7. The maximum absolute atomic E-state index is 14.7. The number of sulfonamides is 1. The molecule has 0 unspecified atom stereocenters. The third-order valence-corrected chi connectivity index (χ3v) is 10.2. The van der Waals surface area contributed by atoms with Gasteiger partial charge in [-0.2, -0.15) is 0 Å². The van der Waals surface area contributed by atoms with Gasteiger partial charge in [-0.05, 0) is 75.4 Å². The molecule has 4 rings (SSSR count). The molecule has 7 nitrogen and oxygen atoms in total. The number of aryl methyl sites for hydroxylation is 1. The molecule has 10 heteroatoms. The molecule has 0 saturated heterocycles. The van der Waals surface area contributed by atoms with Gasteiger partial charge in [0, 0.05) is 23.0 Å². The molecule has 224 valence electrons. The molecule has 0 spiro atoms. The van der Waals surface area contributed by atoms with E-state index in [1.165, 1.54) is 34.9 Å². The Morgan fingerprint density at radius 3 is 2.24 bits per heavy atom. The van der Waals surface area contributed by atoms with Crippen LogP contribution in [0.5, 0.6) is 0 Å². The van der Waals surface area contributed by atoms with E-state index in [1.54, 1.807) is 61.5 Å². The SMILES string of the molecule is CSc1ccc(S(=O)(=O)N(CC(=O)N(Cc2ccccc2F)[C@H](C)C(=O)NC2CCCCC2)c2ccc(C)cc2)cc1. The first-order valence-corrected chi connectivity index (χ1v) is 16.8. The Morgan fingerprint density at radius 2 is 1.62 bits per heavy atom. The Hall–Kier alpha value is -3.37. The Bertz CT molecular complexity index is 1470. The van der Waals surface area contributed by atoms with Crippen molar-refractivity contribution in [2.24, 2.45) is 0 Å². The van der Waals surface area contributed by atoms with Gasteiger partial charge in [0.2, 0.25) is 11.8 Å². The van der Waals surface area contributed by atoms with Crippen molar-refractivity contribution in [1.82, 2.24) is 10.2 Å². The van der Waals surface area contributed by atoms with Crippen molar-refractivity contribution in [1.29, 1.82) is 0 Å². The summed E-state index contributed by atoms with van der Waals surface area (Å²) in [5, 5.41) is 3.05. The Morgan fingerprint density at radius 1 is 0.976 bits per heavy atom. The van der Waals surface area contributed by atoms with Gasteiger partial charge in [0.25, 0.3) is 10.0 Å². The lowest BCUT2D eigenvalue weighted by Gasteiger charge is -2.33. The number of hydrogen-bond acceptors (Lipinski definition) is 5. The van der Waals surface area contributed by atoms with Gasteiger partial charge in [-0.1, -0.05) is 55.2 Å². The minimum atomic E-state index is -4.17. The summed E-state index contributed by atoms with van der Waals surface area (Å²) in [6, 6.07) is 18.5. The second-order valence-corrected chi connectivity index (χ2v) is 13.4. The lowest BCUT2D eigenvalue weighted by Crippen LogP contribution is -2.53. The van der Waals surface area contributed by atoms with Gasteiger partial charge in [0.15, 0.2) is 0 Å².